The first kappa shape index (κ1) is 19.4. The summed E-state index contributed by atoms with van der Waals surface area (Å²) in [6.07, 6.45) is 1.59. The Balaban J connectivity index is 1.55. The molecule has 0 aliphatic carbocycles. The fourth-order valence-corrected chi connectivity index (χ4v) is 2.57. The number of oxazole rings is 1. The van der Waals surface area contributed by atoms with Crippen LogP contribution in [0.2, 0.25) is 0 Å². The number of aromatic nitrogens is 1. The molecule has 0 saturated carbocycles. The van der Waals surface area contributed by atoms with E-state index in [9.17, 15) is 9.59 Å². The van der Waals surface area contributed by atoms with Crippen LogP contribution in [0.15, 0.2) is 65.3 Å². The van der Waals surface area contributed by atoms with Crippen molar-refractivity contribution in [1.29, 1.82) is 0 Å². The van der Waals surface area contributed by atoms with Crippen LogP contribution in [0.25, 0.3) is 11.5 Å². The molecule has 0 radical (unpaired) electrons. The number of carbonyl (C=O) groups is 2. The molecule has 0 saturated heterocycles. The average Bonchev–Trinajstić information content (AvgIpc) is 3.15. The molecule has 1 aromatic heterocycles. The van der Waals surface area contributed by atoms with E-state index in [2.05, 4.69) is 15.6 Å². The van der Waals surface area contributed by atoms with Gasteiger partial charge in [0.25, 0.3) is 5.91 Å². The molecule has 0 spiro atoms. The first-order valence-corrected chi connectivity index (χ1v) is 9.19. The summed E-state index contributed by atoms with van der Waals surface area (Å²) in [5, 5.41) is 5.67. The predicted octanol–water partition coefficient (Wildman–Crippen LogP) is 3.91. The van der Waals surface area contributed by atoms with Crippen LogP contribution in [0.5, 0.6) is 0 Å². The molecule has 144 valence electrons. The van der Waals surface area contributed by atoms with Crippen LogP contribution in [0, 0.1) is 5.92 Å². The van der Waals surface area contributed by atoms with Crippen molar-refractivity contribution in [2.24, 2.45) is 5.92 Å². The number of benzene rings is 2. The normalized spacial score (nSPS) is 10.7. The number of anilines is 1. The molecular weight excluding hydrogens is 354 g/mol. The number of carbonyl (C=O) groups excluding carboxylic acids is 2. The second kappa shape index (κ2) is 8.99. The molecule has 0 atom stereocenters. The summed E-state index contributed by atoms with van der Waals surface area (Å²) in [7, 11) is 0. The molecule has 28 heavy (non-hydrogen) atoms. The number of rotatable bonds is 7. The van der Waals surface area contributed by atoms with Crippen LogP contribution in [-0.2, 0) is 11.2 Å². The van der Waals surface area contributed by atoms with Crippen molar-refractivity contribution in [3.63, 3.8) is 0 Å². The van der Waals surface area contributed by atoms with Gasteiger partial charge in [-0.3, -0.25) is 9.59 Å². The van der Waals surface area contributed by atoms with E-state index in [0.717, 1.165) is 5.56 Å². The minimum atomic E-state index is -0.204. The van der Waals surface area contributed by atoms with Gasteiger partial charge in [-0.25, -0.2) is 4.98 Å². The maximum Gasteiger partial charge on any atom is 0.251 e. The SMILES string of the molecule is CC(C)CNC(=O)c1ccc(NC(=O)Cc2coc(-c3ccccc3)n2)cc1. The molecule has 2 aromatic carbocycles. The zero-order valence-corrected chi connectivity index (χ0v) is 15.9. The monoisotopic (exact) mass is 377 g/mol. The molecule has 2 N–H and O–H groups in total. The third kappa shape index (κ3) is 5.30. The number of hydrogen-bond acceptors (Lipinski definition) is 4. The molecule has 6 nitrogen and oxygen atoms in total. The predicted molar refractivity (Wildman–Crippen MR) is 108 cm³/mol. The Morgan fingerprint density at radius 1 is 1.04 bits per heavy atom. The maximum atomic E-state index is 12.3. The molecule has 0 fully saturated rings. The first-order valence-electron chi connectivity index (χ1n) is 9.19. The van der Waals surface area contributed by atoms with Gasteiger partial charge in [-0.2, -0.15) is 0 Å². The van der Waals surface area contributed by atoms with Gasteiger partial charge >= 0.3 is 0 Å². The maximum absolute atomic E-state index is 12.3. The van der Waals surface area contributed by atoms with E-state index in [0.29, 0.717) is 35.3 Å². The largest absolute Gasteiger partial charge is 0.444 e. The quantitative estimate of drug-likeness (QED) is 0.654. The summed E-state index contributed by atoms with van der Waals surface area (Å²) in [6.45, 7) is 4.70. The Labute approximate surface area is 164 Å². The van der Waals surface area contributed by atoms with Crippen LogP contribution < -0.4 is 10.6 Å². The fraction of sp³-hybridized carbons (Fsp3) is 0.227. The minimum Gasteiger partial charge on any atom is -0.444 e. The Bertz CT molecular complexity index is 931. The zero-order valence-electron chi connectivity index (χ0n) is 15.9. The third-order valence-electron chi connectivity index (χ3n) is 4.02. The van der Waals surface area contributed by atoms with Gasteiger partial charge in [0.2, 0.25) is 11.8 Å². The van der Waals surface area contributed by atoms with Crippen molar-refractivity contribution < 1.29 is 14.0 Å². The second-order valence-corrected chi connectivity index (χ2v) is 6.92. The van der Waals surface area contributed by atoms with Crippen LogP contribution in [0.4, 0.5) is 5.69 Å². The van der Waals surface area contributed by atoms with Gasteiger partial charge in [-0.05, 0) is 42.3 Å². The summed E-state index contributed by atoms with van der Waals surface area (Å²) < 4.78 is 5.45. The van der Waals surface area contributed by atoms with Gasteiger partial charge in [-0.1, -0.05) is 32.0 Å². The summed E-state index contributed by atoms with van der Waals surface area (Å²) in [4.78, 5) is 28.6. The van der Waals surface area contributed by atoms with Crippen molar-refractivity contribution in [1.82, 2.24) is 10.3 Å². The second-order valence-electron chi connectivity index (χ2n) is 6.92. The Hall–Kier alpha value is -3.41. The molecule has 0 unspecified atom stereocenters. The number of nitrogens with one attached hydrogen (secondary N) is 2. The van der Waals surface area contributed by atoms with Gasteiger partial charge in [0.05, 0.1) is 12.1 Å². The van der Waals surface area contributed by atoms with E-state index >= 15 is 0 Å². The fourth-order valence-electron chi connectivity index (χ4n) is 2.57. The van der Waals surface area contributed by atoms with E-state index in [4.69, 9.17) is 4.42 Å². The lowest BCUT2D eigenvalue weighted by molar-refractivity contribution is -0.115. The molecule has 6 heteroatoms. The Kier molecular flexibility index (Phi) is 6.22. The highest BCUT2D eigenvalue weighted by Crippen LogP contribution is 2.18. The van der Waals surface area contributed by atoms with E-state index in [1.54, 1.807) is 24.3 Å². The summed E-state index contributed by atoms with van der Waals surface area (Å²) >= 11 is 0. The lowest BCUT2D eigenvalue weighted by Gasteiger charge is -2.08. The minimum absolute atomic E-state index is 0.104. The van der Waals surface area contributed by atoms with Crippen molar-refractivity contribution in [2.75, 3.05) is 11.9 Å². The number of hydrogen-bond donors (Lipinski definition) is 2. The van der Waals surface area contributed by atoms with Crippen LogP contribution in [0.1, 0.15) is 29.9 Å². The topological polar surface area (TPSA) is 84.2 Å². The highest BCUT2D eigenvalue weighted by Gasteiger charge is 2.11. The number of amides is 2. The van der Waals surface area contributed by atoms with Gasteiger partial charge < -0.3 is 15.1 Å². The van der Waals surface area contributed by atoms with Gasteiger partial charge in [-0.15, -0.1) is 0 Å². The first-order chi connectivity index (χ1) is 13.5. The van der Waals surface area contributed by atoms with Gasteiger partial charge in [0.15, 0.2) is 0 Å². The van der Waals surface area contributed by atoms with Crippen LogP contribution in [-0.4, -0.2) is 23.3 Å². The van der Waals surface area contributed by atoms with E-state index < -0.39 is 0 Å². The van der Waals surface area contributed by atoms with E-state index in [-0.39, 0.29) is 18.2 Å². The van der Waals surface area contributed by atoms with Crippen molar-refractivity contribution in [3.8, 4) is 11.5 Å². The van der Waals surface area contributed by atoms with Crippen molar-refractivity contribution in [2.45, 2.75) is 20.3 Å². The average molecular weight is 377 g/mol. The Morgan fingerprint density at radius 3 is 2.43 bits per heavy atom. The van der Waals surface area contributed by atoms with Crippen molar-refractivity contribution in [3.05, 3.63) is 72.1 Å². The van der Waals surface area contributed by atoms with E-state index in [1.807, 2.05) is 44.2 Å². The lowest BCUT2D eigenvalue weighted by atomic mass is 10.1. The molecule has 3 aromatic rings. The van der Waals surface area contributed by atoms with Gasteiger partial charge in [0.1, 0.15) is 6.26 Å². The molecular formula is C22H23N3O3. The molecule has 1 heterocycles. The van der Waals surface area contributed by atoms with Crippen LogP contribution >= 0.6 is 0 Å². The van der Waals surface area contributed by atoms with Crippen LogP contribution in [0.3, 0.4) is 0 Å². The van der Waals surface area contributed by atoms with Crippen molar-refractivity contribution >= 4 is 17.5 Å². The summed E-state index contributed by atoms with van der Waals surface area (Å²) in [5.41, 5.74) is 2.60. The summed E-state index contributed by atoms with van der Waals surface area (Å²) in [5.74, 6) is 0.550. The lowest BCUT2D eigenvalue weighted by Crippen LogP contribution is -2.27. The Morgan fingerprint density at radius 2 is 1.75 bits per heavy atom. The molecule has 2 amide bonds. The third-order valence-corrected chi connectivity index (χ3v) is 4.02. The number of nitrogens with zero attached hydrogens (tertiary/aromatic N) is 1. The molecule has 0 aliphatic rings. The molecule has 0 aliphatic heterocycles. The highest BCUT2D eigenvalue weighted by atomic mass is 16.3. The smallest absolute Gasteiger partial charge is 0.251 e. The van der Waals surface area contributed by atoms with E-state index in [1.165, 1.54) is 6.26 Å². The summed E-state index contributed by atoms with van der Waals surface area (Å²) in [6, 6.07) is 16.3. The zero-order chi connectivity index (χ0) is 19.9. The highest BCUT2D eigenvalue weighted by molar-refractivity contribution is 5.96. The molecule has 3 rings (SSSR count). The standard InChI is InChI=1S/C22H23N3O3/c1-15(2)13-23-21(27)16-8-10-18(11-9-16)24-20(26)12-19-14-28-22(25-19)17-6-4-3-5-7-17/h3-11,14-15H,12-13H2,1-2H3,(H,23,27)(H,24,26). The molecule has 0 bridgehead atoms. The van der Waals surface area contributed by atoms with Gasteiger partial charge in [0, 0.05) is 23.4 Å².